The van der Waals surface area contributed by atoms with E-state index in [4.69, 9.17) is 22.1 Å². The maximum absolute atomic E-state index is 6.01. The molecule has 0 saturated carbocycles. The first-order chi connectivity index (χ1) is 8.63. The molecule has 18 heavy (non-hydrogen) atoms. The van der Waals surface area contributed by atoms with E-state index < -0.39 is 0 Å². The Bertz CT molecular complexity index is 369. The number of anilines is 2. The molecule has 102 valence electrons. The summed E-state index contributed by atoms with van der Waals surface area (Å²) < 4.78 is 5.16. The fourth-order valence-electron chi connectivity index (χ4n) is 2.05. The topological polar surface area (TPSA) is 51.4 Å². The van der Waals surface area contributed by atoms with Crippen LogP contribution in [0, 0.1) is 0 Å². The van der Waals surface area contributed by atoms with Gasteiger partial charge in [-0.2, -0.15) is 0 Å². The van der Waals surface area contributed by atoms with Crippen molar-refractivity contribution in [3.63, 3.8) is 0 Å². The summed E-state index contributed by atoms with van der Waals surface area (Å²) in [6.07, 6.45) is 2.07. The molecular formula is C13H22ClN3O. The molecule has 0 aliphatic carbocycles. The van der Waals surface area contributed by atoms with Crippen molar-refractivity contribution >= 4 is 23.1 Å². The number of rotatable bonds is 7. The number of hydrogen-bond acceptors (Lipinski definition) is 4. The molecule has 5 heteroatoms. The highest BCUT2D eigenvalue weighted by Crippen LogP contribution is 2.26. The number of pyridine rings is 1. The monoisotopic (exact) mass is 271 g/mol. The molecule has 0 aromatic carbocycles. The lowest BCUT2D eigenvalue weighted by atomic mass is 10.1. The highest BCUT2D eigenvalue weighted by Gasteiger charge is 2.19. The lowest BCUT2D eigenvalue weighted by molar-refractivity contribution is 0.202. The smallest absolute Gasteiger partial charge is 0.153 e. The zero-order valence-corrected chi connectivity index (χ0v) is 12.1. The van der Waals surface area contributed by atoms with Gasteiger partial charge in [-0.05, 0) is 25.0 Å². The zero-order valence-electron chi connectivity index (χ0n) is 11.3. The van der Waals surface area contributed by atoms with Gasteiger partial charge in [0.1, 0.15) is 5.15 Å². The Morgan fingerprint density at radius 3 is 2.61 bits per heavy atom. The van der Waals surface area contributed by atoms with Gasteiger partial charge in [-0.15, -0.1) is 0 Å². The molecule has 0 aliphatic rings. The number of aromatic nitrogens is 1. The molecule has 0 spiro atoms. The normalized spacial score (nSPS) is 10.9. The lowest BCUT2D eigenvalue weighted by Crippen LogP contribution is -2.38. The molecule has 4 nitrogen and oxygen atoms in total. The van der Waals surface area contributed by atoms with Crippen LogP contribution in [0.4, 0.5) is 11.5 Å². The molecular weight excluding hydrogens is 250 g/mol. The SMILES string of the molecule is CCC(CC)N(CCOC)c1nc(Cl)ccc1N. The Kier molecular flexibility index (Phi) is 6.22. The molecule has 0 aliphatic heterocycles. The van der Waals surface area contributed by atoms with Crippen LogP contribution >= 0.6 is 11.6 Å². The van der Waals surface area contributed by atoms with Gasteiger partial charge >= 0.3 is 0 Å². The standard InChI is InChI=1S/C13H22ClN3O/c1-4-10(5-2)17(8-9-18-3)13-11(15)6-7-12(14)16-13/h6-7,10H,4-5,8-9,15H2,1-3H3. The van der Waals surface area contributed by atoms with E-state index in [0.717, 1.165) is 25.2 Å². The van der Waals surface area contributed by atoms with Crippen molar-refractivity contribution in [2.75, 3.05) is 30.9 Å². The van der Waals surface area contributed by atoms with Crippen LogP contribution in [0.5, 0.6) is 0 Å². The second kappa shape index (κ2) is 7.44. The van der Waals surface area contributed by atoms with Crippen LogP contribution in [0.25, 0.3) is 0 Å². The molecule has 1 aromatic rings. The number of methoxy groups -OCH3 is 1. The molecule has 0 atom stereocenters. The molecule has 0 amide bonds. The van der Waals surface area contributed by atoms with Gasteiger partial charge in [-0.25, -0.2) is 4.98 Å². The molecule has 0 saturated heterocycles. The molecule has 0 bridgehead atoms. The molecule has 0 fully saturated rings. The van der Waals surface area contributed by atoms with E-state index in [-0.39, 0.29) is 0 Å². The summed E-state index contributed by atoms with van der Waals surface area (Å²) in [5.41, 5.74) is 6.66. The van der Waals surface area contributed by atoms with Gasteiger partial charge in [-0.1, -0.05) is 25.4 Å². The number of nitrogens with zero attached hydrogens (tertiary/aromatic N) is 2. The van der Waals surface area contributed by atoms with Crippen molar-refractivity contribution in [3.05, 3.63) is 17.3 Å². The van der Waals surface area contributed by atoms with E-state index in [1.807, 2.05) is 0 Å². The van der Waals surface area contributed by atoms with Crippen LogP contribution in [-0.2, 0) is 4.74 Å². The molecule has 1 heterocycles. The minimum absolute atomic E-state index is 0.397. The van der Waals surface area contributed by atoms with Gasteiger partial charge < -0.3 is 15.4 Å². The first kappa shape index (κ1) is 15.1. The van der Waals surface area contributed by atoms with E-state index >= 15 is 0 Å². The quantitative estimate of drug-likeness (QED) is 0.775. The van der Waals surface area contributed by atoms with Gasteiger partial charge in [0, 0.05) is 19.7 Å². The highest BCUT2D eigenvalue weighted by atomic mass is 35.5. The first-order valence-electron chi connectivity index (χ1n) is 6.31. The molecule has 0 radical (unpaired) electrons. The van der Waals surface area contributed by atoms with Crippen LogP contribution in [0.1, 0.15) is 26.7 Å². The summed E-state index contributed by atoms with van der Waals surface area (Å²) in [5.74, 6) is 0.758. The second-order valence-corrected chi connectivity index (χ2v) is 4.59. The maximum atomic E-state index is 6.01. The molecule has 1 rings (SSSR count). The fourth-order valence-corrected chi connectivity index (χ4v) is 2.19. The van der Waals surface area contributed by atoms with Crippen molar-refractivity contribution in [2.45, 2.75) is 32.7 Å². The Hall–Kier alpha value is -1.00. The second-order valence-electron chi connectivity index (χ2n) is 4.20. The van der Waals surface area contributed by atoms with E-state index in [1.165, 1.54) is 0 Å². The number of halogens is 1. The maximum Gasteiger partial charge on any atom is 0.153 e. The van der Waals surface area contributed by atoms with Gasteiger partial charge in [0.15, 0.2) is 5.82 Å². The summed E-state index contributed by atoms with van der Waals surface area (Å²) in [6.45, 7) is 5.73. The number of nitrogens with two attached hydrogens (primary N) is 1. The van der Waals surface area contributed by atoms with E-state index in [1.54, 1.807) is 19.2 Å². The molecule has 1 aromatic heterocycles. The Morgan fingerprint density at radius 2 is 2.06 bits per heavy atom. The van der Waals surface area contributed by atoms with Crippen LogP contribution in [0.15, 0.2) is 12.1 Å². The van der Waals surface area contributed by atoms with Crippen LogP contribution in [-0.4, -0.2) is 31.3 Å². The van der Waals surface area contributed by atoms with Crippen molar-refractivity contribution in [3.8, 4) is 0 Å². The summed E-state index contributed by atoms with van der Waals surface area (Å²) in [7, 11) is 1.69. The molecule has 2 N–H and O–H groups in total. The highest BCUT2D eigenvalue weighted by molar-refractivity contribution is 6.29. The Morgan fingerprint density at radius 1 is 1.39 bits per heavy atom. The number of hydrogen-bond donors (Lipinski definition) is 1. The van der Waals surface area contributed by atoms with E-state index in [2.05, 4.69) is 23.7 Å². The van der Waals surface area contributed by atoms with Crippen LogP contribution in [0.2, 0.25) is 5.15 Å². The van der Waals surface area contributed by atoms with Crippen molar-refractivity contribution in [1.82, 2.24) is 4.98 Å². The van der Waals surface area contributed by atoms with Gasteiger partial charge in [-0.3, -0.25) is 0 Å². The summed E-state index contributed by atoms with van der Waals surface area (Å²) in [4.78, 5) is 6.54. The number of ether oxygens (including phenoxy) is 1. The van der Waals surface area contributed by atoms with Crippen LogP contribution < -0.4 is 10.6 Å². The minimum atomic E-state index is 0.397. The average Bonchev–Trinajstić information content (AvgIpc) is 2.38. The summed E-state index contributed by atoms with van der Waals surface area (Å²) in [6, 6.07) is 3.91. The first-order valence-corrected chi connectivity index (χ1v) is 6.69. The Labute approximate surface area is 114 Å². The number of nitrogen functional groups attached to an aromatic ring is 1. The van der Waals surface area contributed by atoms with Crippen molar-refractivity contribution in [2.24, 2.45) is 0 Å². The van der Waals surface area contributed by atoms with Gasteiger partial charge in [0.25, 0.3) is 0 Å². The Balaban J connectivity index is 3.03. The fraction of sp³-hybridized carbons (Fsp3) is 0.615. The average molecular weight is 272 g/mol. The molecule has 0 unspecified atom stereocenters. The summed E-state index contributed by atoms with van der Waals surface area (Å²) >= 11 is 5.96. The summed E-state index contributed by atoms with van der Waals surface area (Å²) in [5, 5.41) is 0.465. The third-order valence-electron chi connectivity index (χ3n) is 3.06. The van der Waals surface area contributed by atoms with E-state index in [9.17, 15) is 0 Å². The van der Waals surface area contributed by atoms with Gasteiger partial charge in [0.2, 0.25) is 0 Å². The third-order valence-corrected chi connectivity index (χ3v) is 3.27. The van der Waals surface area contributed by atoms with Crippen LogP contribution in [0.3, 0.4) is 0 Å². The predicted molar refractivity (Wildman–Crippen MR) is 77.3 cm³/mol. The third kappa shape index (κ3) is 3.75. The predicted octanol–water partition coefficient (Wildman–Crippen LogP) is 2.96. The zero-order chi connectivity index (χ0) is 13.5. The minimum Gasteiger partial charge on any atom is -0.396 e. The van der Waals surface area contributed by atoms with Gasteiger partial charge in [0.05, 0.1) is 12.3 Å². The van der Waals surface area contributed by atoms with Crippen molar-refractivity contribution < 1.29 is 4.74 Å². The lowest BCUT2D eigenvalue weighted by Gasteiger charge is -2.32. The van der Waals surface area contributed by atoms with Crippen molar-refractivity contribution in [1.29, 1.82) is 0 Å². The largest absolute Gasteiger partial charge is 0.396 e. The van der Waals surface area contributed by atoms with E-state index in [0.29, 0.717) is 23.5 Å².